The molecule has 1 aliphatic rings. The van der Waals surface area contributed by atoms with Crippen molar-refractivity contribution < 1.29 is 19.1 Å². The molecule has 0 radical (unpaired) electrons. The lowest BCUT2D eigenvalue weighted by molar-refractivity contribution is -0.149. The molecule has 0 atom stereocenters. The van der Waals surface area contributed by atoms with Gasteiger partial charge in [-0.2, -0.15) is 0 Å². The van der Waals surface area contributed by atoms with E-state index in [1.165, 1.54) is 6.92 Å². The Morgan fingerprint density at radius 3 is 2.33 bits per heavy atom. The Kier molecular flexibility index (Phi) is 5.94. The predicted molar refractivity (Wildman–Crippen MR) is 90.4 cm³/mol. The summed E-state index contributed by atoms with van der Waals surface area (Å²) in [5.41, 5.74) is 2.60. The quantitative estimate of drug-likeness (QED) is 0.638. The Morgan fingerprint density at radius 2 is 1.83 bits per heavy atom. The molecule has 1 aliphatic heterocycles. The van der Waals surface area contributed by atoms with Gasteiger partial charge in [-0.3, -0.25) is 19.3 Å². The SMILES string of the molecule is CCOC(=O)C1CCN(CC(=O)c2[nH]c(C)c(C(C)=O)c2C)CC1. The second-order valence-electron chi connectivity index (χ2n) is 6.41. The van der Waals surface area contributed by atoms with Gasteiger partial charge in [-0.25, -0.2) is 0 Å². The minimum Gasteiger partial charge on any atom is -0.466 e. The Bertz CT molecular complexity index is 640. The van der Waals surface area contributed by atoms with E-state index in [1.54, 1.807) is 6.92 Å². The molecule has 0 aromatic carbocycles. The number of esters is 1. The molecule has 24 heavy (non-hydrogen) atoms. The van der Waals surface area contributed by atoms with E-state index >= 15 is 0 Å². The van der Waals surface area contributed by atoms with Crippen LogP contribution in [-0.2, 0) is 9.53 Å². The van der Waals surface area contributed by atoms with Crippen LogP contribution in [0.5, 0.6) is 0 Å². The molecule has 6 nitrogen and oxygen atoms in total. The zero-order valence-corrected chi connectivity index (χ0v) is 14.9. The third-order valence-electron chi connectivity index (χ3n) is 4.64. The summed E-state index contributed by atoms with van der Waals surface area (Å²) in [7, 11) is 0. The number of hydrogen-bond donors (Lipinski definition) is 1. The number of ketones is 2. The molecule has 2 heterocycles. The Labute approximate surface area is 142 Å². The molecule has 1 N–H and O–H groups in total. The first-order valence-corrected chi connectivity index (χ1v) is 8.47. The number of aromatic nitrogens is 1. The van der Waals surface area contributed by atoms with E-state index in [0.29, 0.717) is 50.3 Å². The fourth-order valence-electron chi connectivity index (χ4n) is 3.43. The van der Waals surface area contributed by atoms with Crippen LogP contribution < -0.4 is 0 Å². The molecule has 0 amide bonds. The number of nitrogens with zero attached hydrogens (tertiary/aromatic N) is 1. The van der Waals surface area contributed by atoms with Crippen molar-refractivity contribution in [3.8, 4) is 0 Å². The van der Waals surface area contributed by atoms with Gasteiger partial charge in [0, 0.05) is 11.3 Å². The van der Waals surface area contributed by atoms with Gasteiger partial charge >= 0.3 is 5.97 Å². The van der Waals surface area contributed by atoms with E-state index in [4.69, 9.17) is 4.74 Å². The molecule has 0 aliphatic carbocycles. The van der Waals surface area contributed by atoms with E-state index < -0.39 is 0 Å². The fraction of sp³-hybridized carbons (Fsp3) is 0.611. The summed E-state index contributed by atoms with van der Waals surface area (Å²) >= 11 is 0. The van der Waals surface area contributed by atoms with Crippen LogP contribution in [0.3, 0.4) is 0 Å². The summed E-state index contributed by atoms with van der Waals surface area (Å²) < 4.78 is 5.06. The lowest BCUT2D eigenvalue weighted by atomic mass is 9.96. The maximum atomic E-state index is 12.6. The van der Waals surface area contributed by atoms with E-state index in [2.05, 4.69) is 9.88 Å². The van der Waals surface area contributed by atoms with Crippen molar-refractivity contribution >= 4 is 17.5 Å². The standard InChI is InChI=1S/C18H26N2O4/c1-5-24-18(23)14-6-8-20(9-7-14)10-15(22)17-11(2)16(13(4)21)12(3)19-17/h14,19H,5-10H2,1-4H3. The van der Waals surface area contributed by atoms with Gasteiger partial charge < -0.3 is 9.72 Å². The number of piperidine rings is 1. The molecule has 0 bridgehead atoms. The van der Waals surface area contributed by atoms with Crippen LogP contribution in [0.25, 0.3) is 0 Å². The zero-order chi connectivity index (χ0) is 17.9. The third kappa shape index (κ3) is 3.93. The number of likely N-dealkylation sites (tertiary alicyclic amines) is 1. The molecule has 1 aromatic heterocycles. The van der Waals surface area contributed by atoms with Crippen molar-refractivity contribution in [2.24, 2.45) is 5.92 Å². The third-order valence-corrected chi connectivity index (χ3v) is 4.64. The highest BCUT2D eigenvalue weighted by Crippen LogP contribution is 2.21. The molecule has 1 fully saturated rings. The average Bonchev–Trinajstić information content (AvgIpc) is 2.83. The van der Waals surface area contributed by atoms with E-state index in [1.807, 2.05) is 13.8 Å². The molecule has 0 spiro atoms. The van der Waals surface area contributed by atoms with Crippen molar-refractivity contribution in [1.29, 1.82) is 0 Å². The first-order valence-electron chi connectivity index (χ1n) is 8.47. The van der Waals surface area contributed by atoms with Gasteiger partial charge in [-0.15, -0.1) is 0 Å². The molecule has 0 saturated carbocycles. The van der Waals surface area contributed by atoms with Gasteiger partial charge in [-0.1, -0.05) is 0 Å². The van der Waals surface area contributed by atoms with Gasteiger partial charge in [0.2, 0.25) is 0 Å². The van der Waals surface area contributed by atoms with Crippen molar-refractivity contribution in [2.45, 2.75) is 40.5 Å². The summed E-state index contributed by atoms with van der Waals surface area (Å²) in [5.74, 6) is -0.242. The highest BCUT2D eigenvalue weighted by Gasteiger charge is 2.28. The Hall–Kier alpha value is -1.95. The molecule has 1 aromatic rings. The second kappa shape index (κ2) is 7.75. The van der Waals surface area contributed by atoms with E-state index in [9.17, 15) is 14.4 Å². The van der Waals surface area contributed by atoms with Crippen molar-refractivity contribution in [2.75, 3.05) is 26.2 Å². The fourth-order valence-corrected chi connectivity index (χ4v) is 3.43. The lowest BCUT2D eigenvalue weighted by Gasteiger charge is -2.30. The van der Waals surface area contributed by atoms with Gasteiger partial charge in [0.15, 0.2) is 11.6 Å². The minimum atomic E-state index is -0.134. The topological polar surface area (TPSA) is 79.5 Å². The summed E-state index contributed by atoms with van der Waals surface area (Å²) in [5, 5.41) is 0. The monoisotopic (exact) mass is 334 g/mol. The van der Waals surface area contributed by atoms with Crippen LogP contribution >= 0.6 is 0 Å². The average molecular weight is 334 g/mol. The number of carbonyl (C=O) groups excluding carboxylic acids is 3. The number of nitrogens with one attached hydrogen (secondary N) is 1. The molecule has 6 heteroatoms. The number of carbonyl (C=O) groups is 3. The van der Waals surface area contributed by atoms with E-state index in [0.717, 1.165) is 11.3 Å². The number of Topliss-reactive ketones (excluding diaryl/α,β-unsaturated/α-hetero) is 2. The maximum Gasteiger partial charge on any atom is 0.309 e. The molecule has 132 valence electrons. The molecule has 0 unspecified atom stereocenters. The number of aromatic amines is 1. The number of hydrogen-bond acceptors (Lipinski definition) is 5. The number of rotatable bonds is 6. The molecule has 1 saturated heterocycles. The van der Waals surface area contributed by atoms with Crippen molar-refractivity contribution in [3.05, 3.63) is 22.5 Å². The van der Waals surface area contributed by atoms with Crippen molar-refractivity contribution in [3.63, 3.8) is 0 Å². The number of H-pyrrole nitrogens is 1. The Balaban J connectivity index is 1.96. The second-order valence-corrected chi connectivity index (χ2v) is 6.41. The highest BCUT2D eigenvalue weighted by atomic mass is 16.5. The minimum absolute atomic E-state index is 0.0160. The predicted octanol–water partition coefficient (Wildman–Crippen LogP) is 2.29. The van der Waals surface area contributed by atoms with Crippen LogP contribution in [0.1, 0.15) is 58.8 Å². The van der Waals surface area contributed by atoms with Gasteiger partial charge in [-0.05, 0) is 59.2 Å². The van der Waals surface area contributed by atoms with Crippen LogP contribution in [0.4, 0.5) is 0 Å². The Morgan fingerprint density at radius 1 is 1.21 bits per heavy atom. The van der Waals surface area contributed by atoms with E-state index in [-0.39, 0.29) is 23.5 Å². The zero-order valence-electron chi connectivity index (χ0n) is 14.9. The maximum absolute atomic E-state index is 12.6. The first kappa shape index (κ1) is 18.4. The normalized spacial score (nSPS) is 16.2. The number of aryl methyl sites for hydroxylation is 1. The van der Waals surface area contributed by atoms with Gasteiger partial charge in [0.05, 0.1) is 24.8 Å². The molecule has 2 rings (SSSR count). The molecular weight excluding hydrogens is 308 g/mol. The van der Waals surface area contributed by atoms with Crippen LogP contribution in [0.15, 0.2) is 0 Å². The van der Waals surface area contributed by atoms with Gasteiger partial charge in [0.1, 0.15) is 0 Å². The summed E-state index contributed by atoms with van der Waals surface area (Å²) in [6.45, 7) is 9.04. The molecular formula is C18H26N2O4. The lowest BCUT2D eigenvalue weighted by Crippen LogP contribution is -2.39. The summed E-state index contributed by atoms with van der Waals surface area (Å²) in [4.78, 5) is 41.1. The first-order chi connectivity index (χ1) is 11.3. The van der Waals surface area contributed by atoms with Crippen LogP contribution in [-0.4, -0.2) is 53.7 Å². The highest BCUT2D eigenvalue weighted by molar-refractivity contribution is 6.03. The van der Waals surface area contributed by atoms with Crippen molar-refractivity contribution in [1.82, 2.24) is 9.88 Å². The smallest absolute Gasteiger partial charge is 0.309 e. The largest absolute Gasteiger partial charge is 0.466 e. The van der Waals surface area contributed by atoms with Crippen LogP contribution in [0, 0.1) is 19.8 Å². The van der Waals surface area contributed by atoms with Crippen LogP contribution in [0.2, 0.25) is 0 Å². The summed E-state index contributed by atoms with van der Waals surface area (Å²) in [6, 6.07) is 0. The van der Waals surface area contributed by atoms with Gasteiger partial charge in [0.25, 0.3) is 0 Å². The number of ether oxygens (including phenoxy) is 1. The summed E-state index contributed by atoms with van der Waals surface area (Å²) in [6.07, 6.45) is 1.43.